The van der Waals surface area contributed by atoms with Crippen molar-refractivity contribution in [2.75, 3.05) is 13.1 Å². The Hall–Kier alpha value is -0.550. The first-order chi connectivity index (χ1) is 8.60. The Balaban J connectivity index is 1.78. The van der Waals surface area contributed by atoms with Gasteiger partial charge in [-0.3, -0.25) is 0 Å². The number of nitrogens with one attached hydrogen (secondary N) is 1. The van der Waals surface area contributed by atoms with E-state index in [4.69, 9.17) is 5.26 Å². The molecule has 0 amide bonds. The molecule has 2 aliphatic rings. The van der Waals surface area contributed by atoms with E-state index in [1.807, 2.05) is 0 Å². The van der Waals surface area contributed by atoms with Crippen LogP contribution >= 0.6 is 0 Å². The molecule has 2 rings (SSSR count). The van der Waals surface area contributed by atoms with Crippen molar-refractivity contribution in [3.63, 3.8) is 0 Å². The van der Waals surface area contributed by atoms with Crippen LogP contribution in [0.5, 0.6) is 0 Å². The van der Waals surface area contributed by atoms with Crippen LogP contribution in [-0.2, 0) is 0 Å². The molecule has 0 aromatic carbocycles. The Morgan fingerprint density at radius 2 is 1.67 bits per heavy atom. The highest BCUT2D eigenvalue weighted by atomic mass is 14.9. The molecule has 2 saturated carbocycles. The number of hydrogen-bond acceptors (Lipinski definition) is 2. The summed E-state index contributed by atoms with van der Waals surface area (Å²) in [5.74, 6) is 0.805. The van der Waals surface area contributed by atoms with Crippen molar-refractivity contribution in [3.8, 4) is 6.07 Å². The van der Waals surface area contributed by atoms with Gasteiger partial charge in [0.1, 0.15) is 0 Å². The molecular weight excluding hydrogens is 220 g/mol. The Morgan fingerprint density at radius 3 is 2.17 bits per heavy atom. The summed E-state index contributed by atoms with van der Waals surface area (Å²) in [4.78, 5) is 0. The molecule has 2 heteroatoms. The van der Waals surface area contributed by atoms with E-state index in [0.29, 0.717) is 10.8 Å². The molecule has 0 heterocycles. The van der Waals surface area contributed by atoms with Crippen molar-refractivity contribution in [2.45, 2.75) is 65.2 Å². The zero-order valence-corrected chi connectivity index (χ0v) is 12.1. The maximum atomic E-state index is 8.84. The van der Waals surface area contributed by atoms with Crippen molar-refractivity contribution in [1.82, 2.24) is 5.32 Å². The number of nitrogens with zero attached hydrogens (tertiary/aromatic N) is 1. The highest BCUT2D eigenvalue weighted by Crippen LogP contribution is 2.48. The van der Waals surface area contributed by atoms with Crippen molar-refractivity contribution in [3.05, 3.63) is 0 Å². The van der Waals surface area contributed by atoms with Crippen LogP contribution in [0.25, 0.3) is 0 Å². The summed E-state index contributed by atoms with van der Waals surface area (Å²) in [5, 5.41) is 12.6. The Morgan fingerprint density at radius 1 is 1.06 bits per heavy atom. The maximum Gasteiger partial charge on any atom is 0.0628 e. The lowest BCUT2D eigenvalue weighted by molar-refractivity contribution is 0.218. The van der Waals surface area contributed by atoms with Crippen LogP contribution in [0.1, 0.15) is 65.2 Å². The highest BCUT2D eigenvalue weighted by molar-refractivity contribution is 5.01. The van der Waals surface area contributed by atoms with Gasteiger partial charge in [0.05, 0.1) is 6.07 Å². The van der Waals surface area contributed by atoms with Crippen LogP contribution in [0.3, 0.4) is 0 Å². The minimum atomic E-state index is 0.354. The standard InChI is InChI=1S/C16H28N2/c1-14(2)11-16(5-3-4-6-16)13-18-12-15(7-8-15)9-10-17/h14,18H,3-9,11-13H2,1-2H3. The van der Waals surface area contributed by atoms with Gasteiger partial charge in [0.2, 0.25) is 0 Å². The minimum Gasteiger partial charge on any atom is -0.316 e. The van der Waals surface area contributed by atoms with Gasteiger partial charge in [0.25, 0.3) is 0 Å². The molecule has 0 radical (unpaired) electrons. The Kier molecular flexibility index (Phi) is 4.33. The van der Waals surface area contributed by atoms with Gasteiger partial charge in [-0.05, 0) is 48.9 Å². The SMILES string of the molecule is CC(C)CC1(CNCC2(CC#N)CC2)CCCC1. The highest BCUT2D eigenvalue weighted by Gasteiger charge is 2.42. The predicted molar refractivity (Wildman–Crippen MR) is 75.1 cm³/mol. The van der Waals surface area contributed by atoms with Crippen molar-refractivity contribution in [2.24, 2.45) is 16.7 Å². The van der Waals surface area contributed by atoms with Crippen molar-refractivity contribution < 1.29 is 0 Å². The number of nitriles is 1. The van der Waals surface area contributed by atoms with E-state index in [2.05, 4.69) is 25.2 Å². The smallest absolute Gasteiger partial charge is 0.0628 e. The maximum absolute atomic E-state index is 8.84. The average molecular weight is 248 g/mol. The fourth-order valence-electron chi connectivity index (χ4n) is 3.80. The third-order valence-corrected chi connectivity index (χ3v) is 4.92. The molecule has 0 aliphatic heterocycles. The molecular formula is C16H28N2. The van der Waals surface area contributed by atoms with Crippen molar-refractivity contribution >= 4 is 0 Å². The fraction of sp³-hybridized carbons (Fsp3) is 0.938. The molecule has 0 aromatic rings. The third-order valence-electron chi connectivity index (χ3n) is 4.92. The summed E-state index contributed by atoms with van der Waals surface area (Å²) in [6, 6.07) is 2.35. The monoisotopic (exact) mass is 248 g/mol. The molecule has 0 spiro atoms. The lowest BCUT2D eigenvalue weighted by Gasteiger charge is -2.32. The molecule has 1 N–H and O–H groups in total. The van der Waals surface area contributed by atoms with E-state index in [1.54, 1.807) is 0 Å². The normalized spacial score (nSPS) is 24.1. The van der Waals surface area contributed by atoms with Gasteiger partial charge in [0, 0.05) is 19.5 Å². The largest absolute Gasteiger partial charge is 0.316 e. The molecule has 18 heavy (non-hydrogen) atoms. The first kappa shape index (κ1) is 13.9. The molecule has 2 aliphatic carbocycles. The molecule has 0 aromatic heterocycles. The van der Waals surface area contributed by atoms with Crippen LogP contribution in [0.15, 0.2) is 0 Å². The second-order valence-electron chi connectivity index (χ2n) is 7.24. The average Bonchev–Trinajstić information content (AvgIpc) is 2.90. The summed E-state index contributed by atoms with van der Waals surface area (Å²) in [7, 11) is 0. The Labute approximate surface area is 112 Å². The molecule has 0 bridgehead atoms. The first-order valence-corrected chi connectivity index (χ1v) is 7.68. The quantitative estimate of drug-likeness (QED) is 0.742. The first-order valence-electron chi connectivity index (χ1n) is 7.68. The summed E-state index contributed by atoms with van der Waals surface area (Å²) in [6.45, 7) is 6.94. The lowest BCUT2D eigenvalue weighted by atomic mass is 9.78. The van der Waals surface area contributed by atoms with Crippen molar-refractivity contribution in [1.29, 1.82) is 5.26 Å². The van der Waals surface area contributed by atoms with E-state index in [-0.39, 0.29) is 0 Å². The van der Waals surface area contributed by atoms with E-state index < -0.39 is 0 Å². The van der Waals surface area contributed by atoms with Crippen LogP contribution in [0.4, 0.5) is 0 Å². The van der Waals surface area contributed by atoms with Gasteiger partial charge < -0.3 is 5.32 Å². The summed E-state index contributed by atoms with van der Waals surface area (Å²) in [6.07, 6.45) is 10.3. The second-order valence-corrected chi connectivity index (χ2v) is 7.24. The van der Waals surface area contributed by atoms with Gasteiger partial charge in [-0.2, -0.15) is 5.26 Å². The molecule has 102 valence electrons. The molecule has 0 atom stereocenters. The number of rotatable bonds is 7. The number of hydrogen-bond donors (Lipinski definition) is 1. The molecule has 2 nitrogen and oxygen atoms in total. The molecule has 0 unspecified atom stereocenters. The van der Waals surface area contributed by atoms with E-state index in [0.717, 1.165) is 18.9 Å². The van der Waals surface area contributed by atoms with Crippen LogP contribution < -0.4 is 5.32 Å². The molecule has 0 saturated heterocycles. The van der Waals surface area contributed by atoms with Gasteiger partial charge in [-0.25, -0.2) is 0 Å². The predicted octanol–water partition coefficient (Wildman–Crippen LogP) is 3.88. The van der Waals surface area contributed by atoms with Gasteiger partial charge in [0.15, 0.2) is 0 Å². The lowest BCUT2D eigenvalue weighted by Crippen LogP contribution is -2.36. The Bertz CT molecular complexity index is 304. The zero-order chi connectivity index (χ0) is 13.1. The molecule has 2 fully saturated rings. The van der Waals surface area contributed by atoms with Crippen LogP contribution in [0.2, 0.25) is 0 Å². The van der Waals surface area contributed by atoms with E-state index in [9.17, 15) is 0 Å². The topological polar surface area (TPSA) is 35.8 Å². The van der Waals surface area contributed by atoms with E-state index in [1.165, 1.54) is 51.5 Å². The third kappa shape index (κ3) is 3.48. The van der Waals surface area contributed by atoms with Gasteiger partial charge in [-0.1, -0.05) is 26.7 Å². The minimum absolute atomic E-state index is 0.354. The summed E-state index contributed by atoms with van der Waals surface area (Å²) >= 11 is 0. The van der Waals surface area contributed by atoms with E-state index >= 15 is 0 Å². The van der Waals surface area contributed by atoms with Crippen LogP contribution in [-0.4, -0.2) is 13.1 Å². The summed E-state index contributed by atoms with van der Waals surface area (Å²) < 4.78 is 0. The second kappa shape index (κ2) is 5.61. The van der Waals surface area contributed by atoms with Gasteiger partial charge in [-0.15, -0.1) is 0 Å². The van der Waals surface area contributed by atoms with Gasteiger partial charge >= 0.3 is 0 Å². The zero-order valence-electron chi connectivity index (χ0n) is 12.1. The van der Waals surface area contributed by atoms with Crippen LogP contribution in [0, 0.1) is 28.1 Å². The summed E-state index contributed by atoms with van der Waals surface area (Å²) in [5.41, 5.74) is 0.920. The fourth-order valence-corrected chi connectivity index (χ4v) is 3.80.